The summed E-state index contributed by atoms with van der Waals surface area (Å²) in [4.78, 5) is 45.4. The van der Waals surface area contributed by atoms with Crippen LogP contribution in [-0.2, 0) is 28.6 Å². The first-order chi connectivity index (χ1) is 15.3. The Kier molecular flexibility index (Phi) is 6.83. The van der Waals surface area contributed by atoms with Crippen molar-refractivity contribution in [3.63, 3.8) is 0 Å². The zero-order valence-corrected chi connectivity index (χ0v) is 20.9. The summed E-state index contributed by atoms with van der Waals surface area (Å²) in [5.41, 5.74) is -0.111. The summed E-state index contributed by atoms with van der Waals surface area (Å²) in [5.74, 6) is -2.42. The number of hydrogen-bond donors (Lipinski definition) is 0. The molecule has 2 heterocycles. The third-order valence-electron chi connectivity index (χ3n) is 4.61. The third kappa shape index (κ3) is 5.52. The Morgan fingerprint density at radius 3 is 2.21 bits per heavy atom. The number of esters is 2. The highest BCUT2D eigenvalue weighted by Crippen LogP contribution is 2.38. The van der Waals surface area contributed by atoms with Crippen LogP contribution < -0.4 is 4.90 Å². The van der Waals surface area contributed by atoms with E-state index in [2.05, 4.69) is 4.98 Å². The maximum Gasteiger partial charge on any atom is 0.340 e. The Morgan fingerprint density at radius 2 is 1.64 bits per heavy atom. The Bertz CT molecular complexity index is 1070. The van der Waals surface area contributed by atoms with Crippen LogP contribution >= 0.6 is 11.3 Å². The van der Waals surface area contributed by atoms with E-state index in [1.54, 1.807) is 0 Å². The van der Waals surface area contributed by atoms with Crippen LogP contribution in [0.1, 0.15) is 41.5 Å². The van der Waals surface area contributed by atoms with E-state index in [1.165, 1.54) is 23.3 Å². The van der Waals surface area contributed by atoms with Crippen molar-refractivity contribution in [3.05, 3.63) is 35.6 Å². The lowest BCUT2D eigenvalue weighted by atomic mass is 9.98. The minimum atomic E-state index is -1.36. The highest BCUT2D eigenvalue weighted by Gasteiger charge is 2.51. The van der Waals surface area contributed by atoms with Gasteiger partial charge in [0.2, 0.25) is 0 Å². The SMILES string of the molecule is COC1=C(C(=O)OCC(C)(C)C)C(C(=O)OCC(C)(C)C)N(c2nc3ccccc3s2)C1=O. The number of ether oxygens (including phenoxy) is 3. The topological polar surface area (TPSA) is 95.0 Å². The van der Waals surface area contributed by atoms with Gasteiger partial charge in [0.05, 0.1) is 30.5 Å². The number of thiazole rings is 1. The fraction of sp³-hybridized carbons (Fsp3) is 0.500. The molecule has 9 heteroatoms. The minimum absolute atomic E-state index is 0.103. The molecule has 0 radical (unpaired) electrons. The summed E-state index contributed by atoms with van der Waals surface area (Å²) in [6.07, 6.45) is 0. The largest absolute Gasteiger partial charge is 0.491 e. The van der Waals surface area contributed by atoms with E-state index >= 15 is 0 Å². The Morgan fingerprint density at radius 1 is 1.03 bits per heavy atom. The molecule has 1 atom stereocenters. The van der Waals surface area contributed by atoms with Gasteiger partial charge in [-0.3, -0.25) is 9.69 Å². The van der Waals surface area contributed by atoms with Gasteiger partial charge in [-0.1, -0.05) is 65.0 Å². The van der Waals surface area contributed by atoms with Gasteiger partial charge in [-0.25, -0.2) is 14.6 Å². The third-order valence-corrected chi connectivity index (χ3v) is 5.64. The Labute approximate surface area is 197 Å². The van der Waals surface area contributed by atoms with E-state index in [-0.39, 0.29) is 40.5 Å². The molecule has 0 spiro atoms. The summed E-state index contributed by atoms with van der Waals surface area (Å²) in [6.45, 7) is 11.7. The van der Waals surface area contributed by atoms with E-state index in [1.807, 2.05) is 65.8 Å². The Hall–Kier alpha value is -2.94. The van der Waals surface area contributed by atoms with Gasteiger partial charge in [-0.15, -0.1) is 0 Å². The number of anilines is 1. The molecular weight excluding hydrogens is 444 g/mol. The molecule has 1 aromatic heterocycles. The number of nitrogens with zero attached hydrogens (tertiary/aromatic N) is 2. The summed E-state index contributed by atoms with van der Waals surface area (Å²) < 4.78 is 17.1. The lowest BCUT2D eigenvalue weighted by Crippen LogP contribution is -2.44. The van der Waals surface area contributed by atoms with Crippen LogP contribution in [0.2, 0.25) is 0 Å². The van der Waals surface area contributed by atoms with Gasteiger partial charge in [0.15, 0.2) is 16.9 Å². The van der Waals surface area contributed by atoms with Gasteiger partial charge in [-0.05, 0) is 23.0 Å². The van der Waals surface area contributed by atoms with E-state index < -0.39 is 23.9 Å². The lowest BCUT2D eigenvalue weighted by Gasteiger charge is -2.25. The number of aromatic nitrogens is 1. The van der Waals surface area contributed by atoms with Gasteiger partial charge in [-0.2, -0.15) is 0 Å². The Balaban J connectivity index is 2.05. The molecule has 0 aliphatic carbocycles. The molecule has 1 aliphatic rings. The van der Waals surface area contributed by atoms with Crippen molar-refractivity contribution in [2.45, 2.75) is 47.6 Å². The number of amides is 1. The monoisotopic (exact) mass is 474 g/mol. The maximum atomic E-state index is 13.3. The number of carbonyl (C=O) groups is 3. The molecule has 0 N–H and O–H groups in total. The molecule has 0 saturated heterocycles. The normalized spacial score (nSPS) is 17.0. The number of para-hydroxylation sites is 1. The molecule has 33 heavy (non-hydrogen) atoms. The van der Waals surface area contributed by atoms with Crippen LogP contribution in [0, 0.1) is 10.8 Å². The molecular formula is C24H30N2O6S. The van der Waals surface area contributed by atoms with Crippen LogP contribution in [0.4, 0.5) is 5.13 Å². The van der Waals surface area contributed by atoms with Crippen molar-refractivity contribution in [1.29, 1.82) is 0 Å². The maximum absolute atomic E-state index is 13.3. The second kappa shape index (κ2) is 9.13. The highest BCUT2D eigenvalue weighted by atomic mass is 32.1. The van der Waals surface area contributed by atoms with E-state index in [0.29, 0.717) is 5.52 Å². The first kappa shape index (κ1) is 24.7. The van der Waals surface area contributed by atoms with E-state index in [4.69, 9.17) is 14.2 Å². The van der Waals surface area contributed by atoms with Gasteiger partial charge < -0.3 is 14.2 Å². The van der Waals surface area contributed by atoms with Crippen molar-refractivity contribution >= 4 is 44.5 Å². The average molecular weight is 475 g/mol. The number of carbonyl (C=O) groups excluding carboxylic acids is 3. The van der Waals surface area contributed by atoms with Crippen LogP contribution in [0.25, 0.3) is 10.2 Å². The molecule has 0 bridgehead atoms. The lowest BCUT2D eigenvalue weighted by molar-refractivity contribution is -0.150. The second-order valence-electron chi connectivity index (χ2n) is 10.3. The quantitative estimate of drug-likeness (QED) is 0.582. The van der Waals surface area contributed by atoms with Crippen LogP contribution in [0.15, 0.2) is 35.6 Å². The molecule has 2 aromatic rings. The summed E-state index contributed by atoms with van der Waals surface area (Å²) in [7, 11) is 1.28. The van der Waals surface area contributed by atoms with Crippen LogP contribution in [0.5, 0.6) is 0 Å². The first-order valence-corrected chi connectivity index (χ1v) is 11.4. The van der Waals surface area contributed by atoms with Crippen molar-refractivity contribution in [3.8, 4) is 0 Å². The predicted molar refractivity (Wildman–Crippen MR) is 126 cm³/mol. The standard InChI is InChI=1S/C24H30N2O6S/c1-23(2,3)12-31-20(28)16-17(21(29)32-13-24(4,5)6)26(19(27)18(16)30-7)22-25-14-10-8-9-11-15(14)33-22/h8-11,17H,12-13H2,1-7H3. The van der Waals surface area contributed by atoms with Crippen molar-refractivity contribution in [1.82, 2.24) is 4.98 Å². The molecule has 1 amide bonds. The summed E-state index contributed by atoms with van der Waals surface area (Å²) >= 11 is 1.24. The number of fused-ring (bicyclic) bond motifs is 1. The van der Waals surface area contributed by atoms with E-state index in [0.717, 1.165) is 4.70 Å². The molecule has 1 aliphatic heterocycles. The molecule has 0 saturated carbocycles. The first-order valence-electron chi connectivity index (χ1n) is 10.6. The zero-order chi connectivity index (χ0) is 24.6. The average Bonchev–Trinajstić information content (AvgIpc) is 3.27. The second-order valence-corrected chi connectivity index (χ2v) is 11.3. The van der Waals surface area contributed by atoms with Gasteiger partial charge in [0.1, 0.15) is 5.57 Å². The predicted octanol–water partition coefficient (Wildman–Crippen LogP) is 4.09. The number of benzene rings is 1. The summed E-state index contributed by atoms with van der Waals surface area (Å²) in [6, 6.07) is 6.02. The zero-order valence-electron chi connectivity index (χ0n) is 20.1. The molecule has 1 unspecified atom stereocenters. The smallest absolute Gasteiger partial charge is 0.340 e. The molecule has 8 nitrogen and oxygen atoms in total. The van der Waals surface area contributed by atoms with E-state index in [9.17, 15) is 14.4 Å². The summed E-state index contributed by atoms with van der Waals surface area (Å²) in [5, 5.41) is 0.270. The van der Waals surface area contributed by atoms with Crippen molar-refractivity contribution < 1.29 is 28.6 Å². The highest BCUT2D eigenvalue weighted by molar-refractivity contribution is 7.22. The molecule has 178 valence electrons. The van der Waals surface area contributed by atoms with Crippen molar-refractivity contribution in [2.75, 3.05) is 25.2 Å². The molecule has 1 aromatic carbocycles. The van der Waals surface area contributed by atoms with Gasteiger partial charge in [0, 0.05) is 0 Å². The number of hydrogen-bond acceptors (Lipinski definition) is 8. The molecule has 3 rings (SSSR count). The van der Waals surface area contributed by atoms with Gasteiger partial charge >= 0.3 is 11.9 Å². The molecule has 0 fully saturated rings. The number of rotatable bonds is 6. The van der Waals surface area contributed by atoms with Gasteiger partial charge in [0.25, 0.3) is 5.91 Å². The van der Waals surface area contributed by atoms with Crippen LogP contribution in [-0.4, -0.2) is 49.2 Å². The van der Waals surface area contributed by atoms with Crippen LogP contribution in [0.3, 0.4) is 0 Å². The fourth-order valence-electron chi connectivity index (χ4n) is 3.11. The fourth-order valence-corrected chi connectivity index (χ4v) is 4.10. The number of methoxy groups -OCH3 is 1. The minimum Gasteiger partial charge on any atom is -0.491 e. The van der Waals surface area contributed by atoms with Crippen molar-refractivity contribution in [2.24, 2.45) is 10.8 Å².